The number of rotatable bonds is 2. The molecule has 16 heavy (non-hydrogen) atoms. The molecule has 1 saturated heterocycles. The van der Waals surface area contributed by atoms with Gasteiger partial charge in [0.05, 0.1) is 16.9 Å². The number of aliphatic hydroxyl groups is 1. The van der Waals surface area contributed by atoms with Crippen molar-refractivity contribution >= 4 is 11.7 Å². The molecule has 1 atom stereocenters. The van der Waals surface area contributed by atoms with Gasteiger partial charge in [-0.25, -0.2) is 4.79 Å². The van der Waals surface area contributed by atoms with Crippen LogP contribution in [0.3, 0.4) is 0 Å². The lowest BCUT2D eigenvalue weighted by Crippen LogP contribution is -2.30. The Bertz CT molecular complexity index is 414. The monoisotopic (exact) mass is 221 g/mol. The van der Waals surface area contributed by atoms with E-state index in [0.29, 0.717) is 30.8 Å². The molecule has 4 heteroatoms. The summed E-state index contributed by atoms with van der Waals surface area (Å²) in [7, 11) is 0. The number of hydrogen-bond donors (Lipinski definition) is 2. The fourth-order valence-corrected chi connectivity index (χ4v) is 2.08. The molecule has 4 nitrogen and oxygen atoms in total. The van der Waals surface area contributed by atoms with Gasteiger partial charge in [-0.3, -0.25) is 0 Å². The van der Waals surface area contributed by atoms with Crippen molar-refractivity contribution in [3.05, 3.63) is 29.8 Å². The highest BCUT2D eigenvalue weighted by Crippen LogP contribution is 2.28. The molecule has 0 aromatic heterocycles. The normalized spacial score (nSPS) is 24.8. The zero-order valence-electron chi connectivity index (χ0n) is 9.18. The van der Waals surface area contributed by atoms with E-state index in [1.807, 2.05) is 11.0 Å². The zero-order chi connectivity index (χ0) is 11.8. The number of β-amino-alcohol motifs (C(OH)–C–C–N with tert-alkyl or cyclic N) is 1. The van der Waals surface area contributed by atoms with Crippen LogP contribution < -0.4 is 4.90 Å². The van der Waals surface area contributed by atoms with Gasteiger partial charge in [0.15, 0.2) is 0 Å². The second kappa shape index (κ2) is 3.79. The first kappa shape index (κ1) is 11.0. The molecule has 1 aliphatic heterocycles. The summed E-state index contributed by atoms with van der Waals surface area (Å²) in [5.41, 5.74) is 0.263. The Morgan fingerprint density at radius 3 is 2.69 bits per heavy atom. The zero-order valence-corrected chi connectivity index (χ0v) is 9.18. The number of anilines is 1. The predicted molar refractivity (Wildman–Crippen MR) is 60.9 cm³/mol. The van der Waals surface area contributed by atoms with Crippen LogP contribution in [0.5, 0.6) is 0 Å². The SMILES string of the molecule is CC1(O)CCN(c2ccccc2C(=O)O)C1. The number of carbonyl (C=O) groups is 1. The van der Waals surface area contributed by atoms with Gasteiger partial charge in [-0.15, -0.1) is 0 Å². The molecule has 0 amide bonds. The van der Waals surface area contributed by atoms with Gasteiger partial charge in [-0.05, 0) is 25.5 Å². The van der Waals surface area contributed by atoms with Crippen molar-refractivity contribution in [2.24, 2.45) is 0 Å². The van der Waals surface area contributed by atoms with E-state index in [1.54, 1.807) is 25.1 Å². The van der Waals surface area contributed by atoms with E-state index in [-0.39, 0.29) is 0 Å². The Morgan fingerprint density at radius 2 is 2.12 bits per heavy atom. The smallest absolute Gasteiger partial charge is 0.337 e. The second-order valence-electron chi connectivity index (χ2n) is 4.49. The molecule has 1 aliphatic rings. The van der Waals surface area contributed by atoms with Crippen LogP contribution in [-0.2, 0) is 0 Å². The fraction of sp³-hybridized carbons (Fsp3) is 0.417. The van der Waals surface area contributed by atoms with Crippen molar-refractivity contribution in [1.29, 1.82) is 0 Å². The van der Waals surface area contributed by atoms with Crippen molar-refractivity contribution < 1.29 is 15.0 Å². The van der Waals surface area contributed by atoms with E-state index < -0.39 is 11.6 Å². The quantitative estimate of drug-likeness (QED) is 0.791. The summed E-state index contributed by atoms with van der Waals surface area (Å²) >= 11 is 0. The summed E-state index contributed by atoms with van der Waals surface area (Å²) in [6.45, 7) is 2.95. The molecular weight excluding hydrogens is 206 g/mol. The second-order valence-corrected chi connectivity index (χ2v) is 4.49. The van der Waals surface area contributed by atoms with Crippen LogP contribution in [0.4, 0.5) is 5.69 Å². The van der Waals surface area contributed by atoms with Gasteiger partial charge < -0.3 is 15.1 Å². The lowest BCUT2D eigenvalue weighted by molar-refractivity contribution is 0.0695. The van der Waals surface area contributed by atoms with E-state index in [9.17, 15) is 9.90 Å². The number of hydrogen-bond acceptors (Lipinski definition) is 3. The number of para-hydroxylation sites is 1. The van der Waals surface area contributed by atoms with E-state index in [4.69, 9.17) is 5.11 Å². The molecular formula is C12H15NO3. The third kappa shape index (κ3) is 2.02. The lowest BCUT2D eigenvalue weighted by atomic mass is 10.1. The summed E-state index contributed by atoms with van der Waals surface area (Å²) in [6.07, 6.45) is 0.668. The van der Waals surface area contributed by atoms with Crippen molar-refractivity contribution in [3.8, 4) is 0 Å². The Kier molecular flexibility index (Phi) is 2.59. The molecule has 0 bridgehead atoms. The maximum Gasteiger partial charge on any atom is 0.337 e. The summed E-state index contributed by atoms with van der Waals surface area (Å²) in [6, 6.07) is 6.89. The first-order valence-electron chi connectivity index (χ1n) is 5.29. The lowest BCUT2D eigenvalue weighted by Gasteiger charge is -2.22. The van der Waals surface area contributed by atoms with Crippen molar-refractivity contribution in [1.82, 2.24) is 0 Å². The molecule has 2 rings (SSSR count). The first-order chi connectivity index (χ1) is 7.49. The number of aromatic carboxylic acids is 1. The average Bonchev–Trinajstić information content (AvgIpc) is 2.59. The van der Waals surface area contributed by atoms with Crippen LogP contribution in [0.15, 0.2) is 24.3 Å². The highest BCUT2D eigenvalue weighted by molar-refractivity contribution is 5.94. The van der Waals surface area contributed by atoms with Gasteiger partial charge >= 0.3 is 5.97 Å². The molecule has 2 N–H and O–H groups in total. The van der Waals surface area contributed by atoms with Crippen LogP contribution in [0, 0.1) is 0 Å². The van der Waals surface area contributed by atoms with Gasteiger partial charge in [-0.2, -0.15) is 0 Å². The van der Waals surface area contributed by atoms with Crippen LogP contribution >= 0.6 is 0 Å². The minimum absolute atomic E-state index is 0.292. The average molecular weight is 221 g/mol. The van der Waals surface area contributed by atoms with Crippen LogP contribution in [0.2, 0.25) is 0 Å². The van der Waals surface area contributed by atoms with Crippen LogP contribution in [0.1, 0.15) is 23.7 Å². The molecule has 1 fully saturated rings. The maximum atomic E-state index is 11.1. The fourth-order valence-electron chi connectivity index (χ4n) is 2.08. The highest BCUT2D eigenvalue weighted by atomic mass is 16.4. The highest BCUT2D eigenvalue weighted by Gasteiger charge is 2.32. The van der Waals surface area contributed by atoms with Gasteiger partial charge in [-0.1, -0.05) is 12.1 Å². The molecule has 86 valence electrons. The Labute approximate surface area is 94.1 Å². The van der Waals surface area contributed by atoms with E-state index >= 15 is 0 Å². The molecule has 1 aromatic rings. The number of benzene rings is 1. The van der Waals surface area contributed by atoms with Gasteiger partial charge in [0.2, 0.25) is 0 Å². The molecule has 1 unspecified atom stereocenters. The molecule has 0 saturated carbocycles. The van der Waals surface area contributed by atoms with Gasteiger partial charge in [0.1, 0.15) is 0 Å². The minimum atomic E-state index is -0.929. The Balaban J connectivity index is 2.31. The van der Waals surface area contributed by atoms with Crippen molar-refractivity contribution in [2.75, 3.05) is 18.0 Å². The summed E-state index contributed by atoms with van der Waals surface area (Å²) in [4.78, 5) is 13.0. The van der Waals surface area contributed by atoms with E-state index in [2.05, 4.69) is 0 Å². The summed E-state index contributed by atoms with van der Waals surface area (Å²) in [5, 5.41) is 18.9. The molecule has 0 spiro atoms. The Morgan fingerprint density at radius 1 is 1.44 bits per heavy atom. The van der Waals surface area contributed by atoms with Crippen LogP contribution in [-0.4, -0.2) is 34.9 Å². The number of carboxylic acid groups (broad SMARTS) is 1. The first-order valence-corrected chi connectivity index (χ1v) is 5.29. The van der Waals surface area contributed by atoms with Crippen molar-refractivity contribution in [2.45, 2.75) is 18.9 Å². The van der Waals surface area contributed by atoms with Crippen LogP contribution in [0.25, 0.3) is 0 Å². The summed E-state index contributed by atoms with van der Waals surface area (Å²) < 4.78 is 0. The number of nitrogens with zero attached hydrogens (tertiary/aromatic N) is 1. The van der Waals surface area contributed by atoms with Gasteiger partial charge in [0.25, 0.3) is 0 Å². The van der Waals surface area contributed by atoms with Gasteiger partial charge in [0, 0.05) is 13.1 Å². The third-order valence-electron chi connectivity index (χ3n) is 2.93. The molecule has 0 aliphatic carbocycles. The molecule has 1 aromatic carbocycles. The van der Waals surface area contributed by atoms with E-state index in [0.717, 1.165) is 0 Å². The number of carboxylic acids is 1. The Hall–Kier alpha value is -1.55. The molecule has 0 radical (unpaired) electrons. The summed E-state index contributed by atoms with van der Waals surface area (Å²) in [5.74, 6) is -0.929. The standard InChI is InChI=1S/C12H15NO3/c1-12(16)6-7-13(8-12)10-5-3-2-4-9(10)11(14)15/h2-5,16H,6-8H2,1H3,(H,14,15). The van der Waals surface area contributed by atoms with E-state index in [1.165, 1.54) is 0 Å². The topological polar surface area (TPSA) is 60.8 Å². The minimum Gasteiger partial charge on any atom is -0.478 e. The van der Waals surface area contributed by atoms with Crippen molar-refractivity contribution in [3.63, 3.8) is 0 Å². The third-order valence-corrected chi connectivity index (χ3v) is 2.93. The predicted octanol–water partition coefficient (Wildman–Crippen LogP) is 1.35. The molecule has 1 heterocycles. The largest absolute Gasteiger partial charge is 0.478 e. The maximum absolute atomic E-state index is 11.1.